The van der Waals surface area contributed by atoms with Crippen molar-refractivity contribution in [3.8, 4) is 0 Å². The molecule has 1 aliphatic heterocycles. The van der Waals surface area contributed by atoms with Crippen LogP contribution in [0.15, 0.2) is 23.1 Å². The Labute approximate surface area is 136 Å². The number of hydrogen-bond acceptors (Lipinski definition) is 4. The number of amides is 1. The number of hydrogen-bond donors (Lipinski definition) is 1. The van der Waals surface area contributed by atoms with Crippen molar-refractivity contribution in [1.82, 2.24) is 10.2 Å². The molecule has 1 N–H and O–H groups in total. The van der Waals surface area contributed by atoms with E-state index in [1.54, 1.807) is 11.8 Å². The lowest BCUT2D eigenvalue weighted by molar-refractivity contribution is 0.0673. The van der Waals surface area contributed by atoms with Crippen molar-refractivity contribution in [3.05, 3.63) is 28.8 Å². The Bertz CT molecular complexity index is 665. The monoisotopic (exact) mass is 344 g/mol. The first-order valence-electron chi connectivity index (χ1n) is 7.32. The van der Waals surface area contributed by atoms with Gasteiger partial charge in [0.2, 0.25) is 0 Å². The molecule has 2 rings (SSSR count). The molecule has 1 heterocycles. The fourth-order valence-corrected chi connectivity index (χ4v) is 3.80. The molecule has 0 saturated carbocycles. The van der Waals surface area contributed by atoms with Gasteiger partial charge in [-0.1, -0.05) is 18.5 Å². The minimum absolute atomic E-state index is 0.00996. The summed E-state index contributed by atoms with van der Waals surface area (Å²) >= 11 is 6.12. The molecule has 0 unspecified atom stereocenters. The van der Waals surface area contributed by atoms with Gasteiger partial charge in [0.15, 0.2) is 9.84 Å². The van der Waals surface area contributed by atoms with E-state index in [9.17, 15) is 13.2 Å². The van der Waals surface area contributed by atoms with E-state index in [-0.39, 0.29) is 39.2 Å². The molecule has 1 amide bonds. The molecule has 0 aromatic heterocycles. The SMILES string of the molecule is CCS(=O)(=O)c1ccc(Cl)c(C(=O)N2C[C@H](C)N[C@@H](C)C2)c1. The van der Waals surface area contributed by atoms with Gasteiger partial charge in [-0.3, -0.25) is 4.79 Å². The molecule has 1 aliphatic rings. The molecular formula is C15H21ClN2O3S. The number of benzene rings is 1. The number of nitrogens with zero attached hydrogens (tertiary/aromatic N) is 1. The summed E-state index contributed by atoms with van der Waals surface area (Å²) in [4.78, 5) is 14.6. The van der Waals surface area contributed by atoms with Gasteiger partial charge in [0.1, 0.15) is 0 Å². The Kier molecular flexibility index (Phi) is 5.14. The normalized spacial score (nSPS) is 22.6. The highest BCUT2D eigenvalue weighted by Gasteiger charge is 2.27. The van der Waals surface area contributed by atoms with Crippen LogP contribution in [0.1, 0.15) is 31.1 Å². The van der Waals surface area contributed by atoms with E-state index in [0.29, 0.717) is 13.1 Å². The number of carbonyl (C=O) groups excluding carboxylic acids is 1. The molecule has 1 fully saturated rings. The Morgan fingerprint density at radius 2 is 1.91 bits per heavy atom. The zero-order chi connectivity index (χ0) is 16.5. The zero-order valence-electron chi connectivity index (χ0n) is 13.0. The third kappa shape index (κ3) is 3.62. The van der Waals surface area contributed by atoms with Gasteiger partial charge in [-0.25, -0.2) is 8.42 Å². The fourth-order valence-electron chi connectivity index (χ4n) is 2.69. The molecular weight excluding hydrogens is 324 g/mol. The summed E-state index contributed by atoms with van der Waals surface area (Å²) in [5, 5.41) is 3.63. The lowest BCUT2D eigenvalue weighted by atomic mass is 10.1. The average molecular weight is 345 g/mol. The van der Waals surface area contributed by atoms with Crippen LogP contribution in [0.25, 0.3) is 0 Å². The molecule has 122 valence electrons. The highest BCUT2D eigenvalue weighted by molar-refractivity contribution is 7.91. The second-order valence-electron chi connectivity index (χ2n) is 5.72. The number of piperazine rings is 1. The van der Waals surface area contributed by atoms with Crippen LogP contribution in [0, 0.1) is 0 Å². The molecule has 1 aromatic carbocycles. The third-order valence-electron chi connectivity index (χ3n) is 3.75. The van der Waals surface area contributed by atoms with Crippen molar-refractivity contribution in [2.45, 2.75) is 37.8 Å². The van der Waals surface area contributed by atoms with Crippen LogP contribution < -0.4 is 5.32 Å². The van der Waals surface area contributed by atoms with Gasteiger partial charge in [0.25, 0.3) is 5.91 Å². The third-order valence-corrected chi connectivity index (χ3v) is 5.81. The quantitative estimate of drug-likeness (QED) is 0.910. The van der Waals surface area contributed by atoms with Crippen LogP contribution in [0.4, 0.5) is 0 Å². The van der Waals surface area contributed by atoms with Crippen LogP contribution in [0.3, 0.4) is 0 Å². The average Bonchev–Trinajstić information content (AvgIpc) is 2.45. The fraction of sp³-hybridized carbons (Fsp3) is 0.533. The standard InChI is InChI=1S/C15H21ClN2O3S/c1-4-22(20,21)12-5-6-14(16)13(7-12)15(19)18-8-10(2)17-11(3)9-18/h5-7,10-11,17H,4,8-9H2,1-3H3/t10-,11-/m0/s1. The maximum Gasteiger partial charge on any atom is 0.255 e. The molecule has 1 aromatic rings. The summed E-state index contributed by atoms with van der Waals surface area (Å²) in [5.41, 5.74) is 0.248. The van der Waals surface area contributed by atoms with E-state index in [1.807, 2.05) is 13.8 Å². The van der Waals surface area contributed by atoms with Gasteiger partial charge in [-0.2, -0.15) is 0 Å². The van der Waals surface area contributed by atoms with Crippen LogP contribution in [-0.4, -0.2) is 50.2 Å². The second-order valence-corrected chi connectivity index (χ2v) is 8.41. The summed E-state index contributed by atoms with van der Waals surface area (Å²) in [6, 6.07) is 4.69. The molecule has 5 nitrogen and oxygen atoms in total. The summed E-state index contributed by atoms with van der Waals surface area (Å²) < 4.78 is 24.0. The van der Waals surface area contributed by atoms with Crippen molar-refractivity contribution in [2.24, 2.45) is 0 Å². The van der Waals surface area contributed by atoms with Gasteiger partial charge < -0.3 is 10.2 Å². The van der Waals surface area contributed by atoms with Crippen molar-refractivity contribution in [1.29, 1.82) is 0 Å². The Balaban J connectivity index is 2.35. The molecule has 1 saturated heterocycles. The summed E-state index contributed by atoms with van der Waals surface area (Å²) in [6.45, 7) is 6.74. The van der Waals surface area contributed by atoms with Crippen LogP contribution in [-0.2, 0) is 9.84 Å². The first kappa shape index (κ1) is 17.2. The smallest absolute Gasteiger partial charge is 0.255 e. The number of sulfone groups is 1. The minimum atomic E-state index is -3.36. The largest absolute Gasteiger partial charge is 0.335 e. The number of halogens is 1. The lowest BCUT2D eigenvalue weighted by Gasteiger charge is -2.36. The van der Waals surface area contributed by atoms with E-state index in [1.165, 1.54) is 18.2 Å². The predicted octanol–water partition coefficient (Wildman–Crippen LogP) is 1.96. The molecule has 0 aliphatic carbocycles. The van der Waals surface area contributed by atoms with Gasteiger partial charge in [0, 0.05) is 25.2 Å². The number of rotatable bonds is 3. The lowest BCUT2D eigenvalue weighted by Crippen LogP contribution is -2.55. The van der Waals surface area contributed by atoms with E-state index in [4.69, 9.17) is 11.6 Å². The maximum atomic E-state index is 12.7. The van der Waals surface area contributed by atoms with Crippen LogP contribution in [0.5, 0.6) is 0 Å². The van der Waals surface area contributed by atoms with E-state index >= 15 is 0 Å². The zero-order valence-corrected chi connectivity index (χ0v) is 14.5. The van der Waals surface area contributed by atoms with Gasteiger partial charge in [-0.15, -0.1) is 0 Å². The van der Waals surface area contributed by atoms with Gasteiger partial charge in [-0.05, 0) is 32.0 Å². The number of carbonyl (C=O) groups is 1. The molecule has 7 heteroatoms. The molecule has 0 bridgehead atoms. The van der Waals surface area contributed by atoms with E-state index in [0.717, 1.165) is 0 Å². The predicted molar refractivity (Wildman–Crippen MR) is 87.1 cm³/mol. The Morgan fingerprint density at radius 3 is 2.45 bits per heavy atom. The highest BCUT2D eigenvalue weighted by Crippen LogP contribution is 2.23. The first-order valence-corrected chi connectivity index (χ1v) is 9.35. The first-order chi connectivity index (χ1) is 10.2. The number of nitrogens with one attached hydrogen (secondary N) is 1. The second kappa shape index (κ2) is 6.56. The van der Waals surface area contributed by atoms with Gasteiger partial charge in [0.05, 0.1) is 21.2 Å². The van der Waals surface area contributed by atoms with Gasteiger partial charge >= 0.3 is 0 Å². The topological polar surface area (TPSA) is 66.5 Å². The Morgan fingerprint density at radius 1 is 1.32 bits per heavy atom. The summed E-state index contributed by atoms with van der Waals surface area (Å²) in [6.07, 6.45) is 0. The van der Waals surface area contributed by atoms with Crippen molar-refractivity contribution in [3.63, 3.8) is 0 Å². The molecule has 0 radical (unpaired) electrons. The summed E-state index contributed by atoms with van der Waals surface area (Å²) in [7, 11) is -3.36. The van der Waals surface area contributed by atoms with Crippen molar-refractivity contribution in [2.75, 3.05) is 18.8 Å². The molecule has 22 heavy (non-hydrogen) atoms. The highest BCUT2D eigenvalue weighted by atomic mass is 35.5. The van der Waals surface area contributed by atoms with Crippen LogP contribution in [0.2, 0.25) is 5.02 Å². The molecule has 2 atom stereocenters. The minimum Gasteiger partial charge on any atom is -0.335 e. The van der Waals surface area contributed by atoms with E-state index < -0.39 is 9.84 Å². The van der Waals surface area contributed by atoms with Crippen molar-refractivity contribution < 1.29 is 13.2 Å². The van der Waals surface area contributed by atoms with Crippen LogP contribution >= 0.6 is 11.6 Å². The maximum absolute atomic E-state index is 12.7. The van der Waals surface area contributed by atoms with Crippen molar-refractivity contribution >= 4 is 27.3 Å². The molecule has 0 spiro atoms. The Hall–Kier alpha value is -1.11. The van der Waals surface area contributed by atoms with E-state index in [2.05, 4.69) is 5.32 Å². The summed E-state index contributed by atoms with van der Waals surface area (Å²) in [5.74, 6) is -0.234.